The van der Waals surface area contributed by atoms with Gasteiger partial charge in [-0.1, -0.05) is 0 Å². The Hall–Kier alpha value is -1.17. The second-order valence-electron chi connectivity index (χ2n) is 4.87. The lowest BCUT2D eigenvalue weighted by Crippen LogP contribution is -2.15. The fraction of sp³-hybridized carbons (Fsp3) is 0.500. The molecular weight excluding hydrogens is 260 g/mol. The van der Waals surface area contributed by atoms with Crippen LogP contribution in [-0.2, 0) is 17.9 Å². The van der Waals surface area contributed by atoms with Crippen LogP contribution in [0.3, 0.4) is 0 Å². The number of methoxy groups -OCH3 is 1. The van der Waals surface area contributed by atoms with Crippen LogP contribution in [0.1, 0.15) is 29.2 Å². The lowest BCUT2D eigenvalue weighted by molar-refractivity contribution is 0.181. The van der Waals surface area contributed by atoms with Gasteiger partial charge in [0.25, 0.3) is 0 Å². The maximum Gasteiger partial charge on any atom is 0.127 e. The molecule has 0 bridgehead atoms. The van der Waals surface area contributed by atoms with Gasteiger partial charge in [0.2, 0.25) is 0 Å². The zero-order valence-corrected chi connectivity index (χ0v) is 12.0. The standard InChI is InChI=1S/C14H18N2O2S/c1-9-11(5-6-18-9)14-16-12(8-17-2)13(19-14)7-15-10-3-4-10/h5-6,10,15H,3-4,7-8H2,1-2H3. The van der Waals surface area contributed by atoms with Gasteiger partial charge in [-0.25, -0.2) is 4.98 Å². The molecule has 0 unspecified atom stereocenters. The minimum atomic E-state index is 0.565. The van der Waals surface area contributed by atoms with E-state index in [1.807, 2.05) is 13.0 Å². The van der Waals surface area contributed by atoms with Crippen LogP contribution in [0.4, 0.5) is 0 Å². The predicted octanol–water partition coefficient (Wildman–Crippen LogP) is 3.11. The molecule has 0 amide bonds. The number of ether oxygens (including phenoxy) is 1. The largest absolute Gasteiger partial charge is 0.469 e. The van der Waals surface area contributed by atoms with Crippen LogP contribution >= 0.6 is 11.3 Å². The lowest BCUT2D eigenvalue weighted by atomic mass is 10.3. The van der Waals surface area contributed by atoms with Crippen LogP contribution in [0.15, 0.2) is 16.7 Å². The Morgan fingerprint density at radius 3 is 3.00 bits per heavy atom. The molecule has 2 aromatic rings. The zero-order chi connectivity index (χ0) is 13.2. The van der Waals surface area contributed by atoms with E-state index in [4.69, 9.17) is 14.1 Å². The molecule has 2 heterocycles. The highest BCUT2D eigenvalue weighted by molar-refractivity contribution is 7.15. The number of furan rings is 1. The van der Waals surface area contributed by atoms with E-state index in [1.165, 1.54) is 17.7 Å². The van der Waals surface area contributed by atoms with Crippen molar-refractivity contribution in [2.24, 2.45) is 0 Å². The first-order chi connectivity index (χ1) is 9.28. The third kappa shape index (κ3) is 2.88. The van der Waals surface area contributed by atoms with Gasteiger partial charge in [0.05, 0.1) is 24.1 Å². The summed E-state index contributed by atoms with van der Waals surface area (Å²) in [6.45, 7) is 3.42. The van der Waals surface area contributed by atoms with Gasteiger partial charge in [-0.3, -0.25) is 0 Å². The molecule has 1 saturated carbocycles. The number of rotatable bonds is 6. The van der Waals surface area contributed by atoms with Crippen molar-refractivity contribution in [3.8, 4) is 10.6 Å². The van der Waals surface area contributed by atoms with E-state index in [0.29, 0.717) is 12.6 Å². The molecule has 4 nitrogen and oxygen atoms in total. The molecule has 1 fully saturated rings. The Labute approximate surface area is 116 Å². The second-order valence-corrected chi connectivity index (χ2v) is 5.95. The van der Waals surface area contributed by atoms with E-state index in [0.717, 1.165) is 28.6 Å². The smallest absolute Gasteiger partial charge is 0.127 e. The minimum absolute atomic E-state index is 0.565. The molecule has 2 aromatic heterocycles. The summed E-state index contributed by atoms with van der Waals surface area (Å²) in [4.78, 5) is 5.96. The molecule has 0 aliphatic heterocycles. The van der Waals surface area contributed by atoms with Crippen molar-refractivity contribution in [3.63, 3.8) is 0 Å². The van der Waals surface area contributed by atoms with Crippen molar-refractivity contribution in [2.75, 3.05) is 7.11 Å². The summed E-state index contributed by atoms with van der Waals surface area (Å²) in [6, 6.07) is 2.68. The van der Waals surface area contributed by atoms with Gasteiger partial charge in [-0.05, 0) is 25.8 Å². The molecule has 19 heavy (non-hydrogen) atoms. The van der Waals surface area contributed by atoms with Crippen molar-refractivity contribution in [1.82, 2.24) is 10.3 Å². The minimum Gasteiger partial charge on any atom is -0.469 e. The molecule has 102 valence electrons. The molecule has 0 radical (unpaired) electrons. The van der Waals surface area contributed by atoms with Crippen molar-refractivity contribution in [3.05, 3.63) is 28.7 Å². The van der Waals surface area contributed by atoms with Crippen LogP contribution in [-0.4, -0.2) is 18.1 Å². The molecule has 0 spiro atoms. The molecule has 0 saturated heterocycles. The highest BCUT2D eigenvalue weighted by atomic mass is 32.1. The van der Waals surface area contributed by atoms with Crippen LogP contribution in [0, 0.1) is 6.92 Å². The Morgan fingerprint density at radius 1 is 1.53 bits per heavy atom. The molecule has 0 aromatic carbocycles. The number of nitrogens with one attached hydrogen (secondary N) is 1. The number of nitrogens with zero attached hydrogens (tertiary/aromatic N) is 1. The van der Waals surface area contributed by atoms with Crippen LogP contribution in [0.5, 0.6) is 0 Å². The molecule has 1 aliphatic carbocycles. The summed E-state index contributed by atoms with van der Waals surface area (Å²) in [5.74, 6) is 0.916. The predicted molar refractivity (Wildman–Crippen MR) is 75.1 cm³/mol. The molecule has 0 atom stereocenters. The summed E-state index contributed by atoms with van der Waals surface area (Å²) >= 11 is 1.73. The van der Waals surface area contributed by atoms with E-state index < -0.39 is 0 Å². The fourth-order valence-corrected chi connectivity index (χ4v) is 3.11. The monoisotopic (exact) mass is 278 g/mol. The van der Waals surface area contributed by atoms with Crippen LogP contribution in [0.25, 0.3) is 10.6 Å². The molecule has 1 N–H and O–H groups in total. The summed E-state index contributed by atoms with van der Waals surface area (Å²) in [7, 11) is 1.71. The first-order valence-corrected chi connectivity index (χ1v) is 7.35. The fourth-order valence-electron chi connectivity index (χ4n) is 2.02. The van der Waals surface area contributed by atoms with Crippen molar-refractivity contribution in [2.45, 2.75) is 39.0 Å². The van der Waals surface area contributed by atoms with Gasteiger partial charge in [0, 0.05) is 24.6 Å². The second kappa shape index (κ2) is 5.45. The van der Waals surface area contributed by atoms with Crippen LogP contribution < -0.4 is 5.32 Å². The third-order valence-corrected chi connectivity index (χ3v) is 4.41. The Kier molecular flexibility index (Phi) is 3.68. The maximum absolute atomic E-state index is 5.36. The molecule has 1 aliphatic rings. The first-order valence-electron chi connectivity index (χ1n) is 6.53. The van der Waals surface area contributed by atoms with E-state index in [-0.39, 0.29) is 0 Å². The molecule has 3 rings (SSSR count). The van der Waals surface area contributed by atoms with Gasteiger partial charge < -0.3 is 14.5 Å². The SMILES string of the molecule is COCc1nc(-c2ccoc2C)sc1CNC1CC1. The van der Waals surface area contributed by atoms with Gasteiger partial charge in [-0.15, -0.1) is 11.3 Å². The highest BCUT2D eigenvalue weighted by Crippen LogP contribution is 2.32. The average molecular weight is 278 g/mol. The van der Waals surface area contributed by atoms with E-state index in [1.54, 1.807) is 24.7 Å². The summed E-state index contributed by atoms with van der Waals surface area (Å²) in [5, 5.41) is 4.56. The van der Waals surface area contributed by atoms with Crippen molar-refractivity contribution >= 4 is 11.3 Å². The summed E-state index contributed by atoms with van der Waals surface area (Å²) in [6.07, 6.45) is 4.31. The number of thiazole rings is 1. The average Bonchev–Trinajstić information content (AvgIpc) is 3.00. The van der Waals surface area contributed by atoms with Gasteiger partial charge >= 0.3 is 0 Å². The van der Waals surface area contributed by atoms with E-state index in [2.05, 4.69) is 5.32 Å². The normalized spacial score (nSPS) is 15.1. The van der Waals surface area contributed by atoms with E-state index >= 15 is 0 Å². The quantitative estimate of drug-likeness (QED) is 0.882. The maximum atomic E-state index is 5.36. The van der Waals surface area contributed by atoms with E-state index in [9.17, 15) is 0 Å². The first kappa shape index (κ1) is 12.8. The van der Waals surface area contributed by atoms with Gasteiger partial charge in [-0.2, -0.15) is 0 Å². The summed E-state index contributed by atoms with van der Waals surface area (Å²) < 4.78 is 10.6. The number of hydrogen-bond acceptors (Lipinski definition) is 5. The number of aromatic nitrogens is 1. The number of aryl methyl sites for hydroxylation is 1. The Bertz CT molecular complexity index is 558. The van der Waals surface area contributed by atoms with Crippen molar-refractivity contribution < 1.29 is 9.15 Å². The Morgan fingerprint density at radius 2 is 2.37 bits per heavy atom. The zero-order valence-electron chi connectivity index (χ0n) is 11.2. The topological polar surface area (TPSA) is 47.3 Å². The lowest BCUT2D eigenvalue weighted by Gasteiger charge is -2.02. The third-order valence-electron chi connectivity index (χ3n) is 3.28. The van der Waals surface area contributed by atoms with Crippen molar-refractivity contribution in [1.29, 1.82) is 0 Å². The van der Waals surface area contributed by atoms with Crippen LogP contribution in [0.2, 0.25) is 0 Å². The highest BCUT2D eigenvalue weighted by Gasteiger charge is 2.22. The summed E-state index contributed by atoms with van der Waals surface area (Å²) in [5.41, 5.74) is 2.12. The number of hydrogen-bond donors (Lipinski definition) is 1. The molecular formula is C14H18N2O2S. The van der Waals surface area contributed by atoms with Gasteiger partial charge in [0.15, 0.2) is 0 Å². The Balaban J connectivity index is 1.84. The van der Waals surface area contributed by atoms with Gasteiger partial charge in [0.1, 0.15) is 10.8 Å². The molecule has 5 heteroatoms.